The molecular weight excluding hydrogens is 196 g/mol. The summed E-state index contributed by atoms with van der Waals surface area (Å²) in [5.74, 6) is 0.0498. The maximum absolute atomic E-state index is 12.1. The van der Waals surface area contributed by atoms with Gasteiger partial charge in [-0.05, 0) is 12.3 Å². The van der Waals surface area contributed by atoms with Crippen molar-refractivity contribution in [1.29, 1.82) is 0 Å². The quantitative estimate of drug-likeness (QED) is 0.651. The van der Waals surface area contributed by atoms with E-state index in [1.807, 2.05) is 0 Å². The molecule has 0 aromatic heterocycles. The highest BCUT2D eigenvalue weighted by Crippen LogP contribution is 2.81. The van der Waals surface area contributed by atoms with Gasteiger partial charge < -0.3 is 9.84 Å². The number of ether oxygens (including phenoxy) is 1. The summed E-state index contributed by atoms with van der Waals surface area (Å²) >= 11 is 0. The predicted octanol–water partition coefficient (Wildman–Crippen LogP) is -0.0806. The van der Waals surface area contributed by atoms with Crippen LogP contribution in [-0.4, -0.2) is 29.1 Å². The molecule has 4 nitrogen and oxygen atoms in total. The summed E-state index contributed by atoms with van der Waals surface area (Å²) in [7, 11) is 0. The van der Waals surface area contributed by atoms with Crippen molar-refractivity contribution >= 4 is 11.8 Å². The van der Waals surface area contributed by atoms with Gasteiger partial charge in [-0.2, -0.15) is 0 Å². The lowest BCUT2D eigenvalue weighted by molar-refractivity contribution is -0.157. The molecule has 1 N–H and O–H groups in total. The second-order valence-corrected chi connectivity index (χ2v) is 5.75. The van der Waals surface area contributed by atoms with Crippen LogP contribution >= 0.6 is 0 Å². The summed E-state index contributed by atoms with van der Waals surface area (Å²) in [6, 6.07) is 0. The molecule has 6 aliphatic rings. The van der Waals surface area contributed by atoms with E-state index < -0.39 is 11.4 Å². The number of carbonyl (C=O) groups is 2. The number of rotatable bonds is 1. The highest BCUT2D eigenvalue weighted by Gasteiger charge is 2.91. The number of Topliss-reactive ketones (excluding diaryl/α,β-unsaturated/α-hetero) is 1. The van der Waals surface area contributed by atoms with Crippen molar-refractivity contribution in [1.82, 2.24) is 0 Å². The molecule has 15 heavy (non-hydrogen) atoms. The highest BCUT2D eigenvalue weighted by atomic mass is 16.5. The van der Waals surface area contributed by atoms with Gasteiger partial charge in [0.1, 0.15) is 11.2 Å². The van der Waals surface area contributed by atoms with Gasteiger partial charge in [-0.25, -0.2) is 0 Å². The number of ketones is 1. The highest BCUT2D eigenvalue weighted by molar-refractivity contribution is 6.00. The Labute approximate surface area is 85.6 Å². The van der Waals surface area contributed by atoms with Gasteiger partial charge in [-0.3, -0.25) is 9.59 Å². The summed E-state index contributed by atoms with van der Waals surface area (Å²) in [4.78, 5) is 23.6. The van der Waals surface area contributed by atoms with Crippen LogP contribution in [0.1, 0.15) is 6.42 Å². The molecule has 6 fully saturated rings. The van der Waals surface area contributed by atoms with Crippen LogP contribution < -0.4 is 0 Å². The van der Waals surface area contributed by atoms with Crippen molar-refractivity contribution in [3.05, 3.63) is 0 Å². The molecule has 7 unspecified atom stereocenters. The SMILES string of the molecule is O=C1C2C3C4CC5C3OC2[C@]5(C(=O)O)C14. The first-order chi connectivity index (χ1) is 7.19. The smallest absolute Gasteiger partial charge is 0.313 e. The summed E-state index contributed by atoms with van der Waals surface area (Å²) < 4.78 is 5.80. The Balaban J connectivity index is 1.90. The van der Waals surface area contributed by atoms with Crippen molar-refractivity contribution in [2.24, 2.45) is 35.0 Å². The maximum Gasteiger partial charge on any atom is 0.313 e. The van der Waals surface area contributed by atoms with Gasteiger partial charge in [0.2, 0.25) is 0 Å². The van der Waals surface area contributed by atoms with Gasteiger partial charge in [-0.15, -0.1) is 0 Å². The van der Waals surface area contributed by atoms with Gasteiger partial charge in [0, 0.05) is 17.8 Å². The molecule has 78 valence electrons. The molecule has 2 saturated heterocycles. The fraction of sp³-hybridized carbons (Fsp3) is 0.818. The monoisotopic (exact) mass is 206 g/mol. The van der Waals surface area contributed by atoms with Gasteiger partial charge in [-0.1, -0.05) is 0 Å². The lowest BCUT2D eigenvalue weighted by Gasteiger charge is -2.37. The topological polar surface area (TPSA) is 63.6 Å². The zero-order valence-electron chi connectivity index (χ0n) is 7.92. The maximum atomic E-state index is 12.1. The van der Waals surface area contributed by atoms with Gasteiger partial charge >= 0.3 is 5.97 Å². The van der Waals surface area contributed by atoms with Crippen LogP contribution in [0.3, 0.4) is 0 Å². The van der Waals surface area contributed by atoms with E-state index >= 15 is 0 Å². The molecule has 2 aliphatic heterocycles. The van der Waals surface area contributed by atoms with Crippen LogP contribution in [0.4, 0.5) is 0 Å². The third-order valence-corrected chi connectivity index (χ3v) is 5.87. The molecule has 0 spiro atoms. The second-order valence-electron chi connectivity index (χ2n) is 5.75. The van der Waals surface area contributed by atoms with E-state index in [2.05, 4.69) is 0 Å². The Morgan fingerprint density at radius 1 is 1.53 bits per heavy atom. The number of hydrogen-bond donors (Lipinski definition) is 1. The van der Waals surface area contributed by atoms with Gasteiger partial charge in [0.15, 0.2) is 0 Å². The molecular formula is C11H10O4. The standard InChI is InChI=1S/C11H10O4/c12-7-5-4-2-1-3-8(4)15-9(5)11(3,6(2)7)10(13)14/h2-6,8-9H,1H2,(H,13,14)/t2?,3?,4?,5?,6?,8?,9?,11-/m1/s1. The van der Waals surface area contributed by atoms with Crippen LogP contribution in [0, 0.1) is 35.0 Å². The summed E-state index contributed by atoms with van der Waals surface area (Å²) in [6.07, 6.45) is 0.750. The number of aliphatic carboxylic acids is 1. The molecule has 0 aromatic carbocycles. The van der Waals surface area contributed by atoms with Crippen molar-refractivity contribution in [2.45, 2.75) is 18.6 Å². The minimum atomic E-state index is -0.800. The van der Waals surface area contributed by atoms with Crippen LogP contribution in [-0.2, 0) is 14.3 Å². The van der Waals surface area contributed by atoms with Crippen molar-refractivity contribution in [2.75, 3.05) is 0 Å². The van der Waals surface area contributed by atoms with Crippen LogP contribution in [0.15, 0.2) is 0 Å². The number of carboxylic acid groups (broad SMARTS) is 1. The summed E-state index contributed by atoms with van der Waals surface area (Å²) in [5, 5.41) is 9.49. The Kier molecular flexibility index (Phi) is 0.812. The lowest BCUT2D eigenvalue weighted by atomic mass is 9.60. The molecule has 8 atom stereocenters. The number of carboxylic acids is 1. The zero-order valence-corrected chi connectivity index (χ0v) is 7.92. The van der Waals surface area contributed by atoms with E-state index in [0.717, 1.165) is 6.42 Å². The fourth-order valence-electron chi connectivity index (χ4n) is 5.82. The number of hydrogen-bond acceptors (Lipinski definition) is 3. The van der Waals surface area contributed by atoms with E-state index in [4.69, 9.17) is 4.74 Å². The molecule has 4 aliphatic carbocycles. The molecule has 6 rings (SSSR count). The van der Waals surface area contributed by atoms with Gasteiger partial charge in [0.05, 0.1) is 18.1 Å². The average molecular weight is 206 g/mol. The normalized spacial score (nSPS) is 70.4. The van der Waals surface area contributed by atoms with E-state index in [1.54, 1.807) is 0 Å². The molecule has 0 radical (unpaired) electrons. The lowest BCUT2D eigenvalue weighted by Crippen LogP contribution is -2.51. The summed E-state index contributed by atoms with van der Waals surface area (Å²) in [5.41, 5.74) is -0.800. The minimum absolute atomic E-state index is 0.0557. The fourth-order valence-corrected chi connectivity index (χ4v) is 5.82. The molecule has 6 bridgehead atoms. The van der Waals surface area contributed by atoms with Crippen molar-refractivity contribution in [3.8, 4) is 0 Å². The Morgan fingerprint density at radius 3 is 3.07 bits per heavy atom. The van der Waals surface area contributed by atoms with Crippen LogP contribution in [0.25, 0.3) is 0 Å². The molecule has 4 heteroatoms. The van der Waals surface area contributed by atoms with Crippen LogP contribution in [0.5, 0.6) is 0 Å². The van der Waals surface area contributed by atoms with Crippen molar-refractivity contribution < 1.29 is 19.4 Å². The van der Waals surface area contributed by atoms with Crippen molar-refractivity contribution in [3.63, 3.8) is 0 Å². The van der Waals surface area contributed by atoms with E-state index in [1.165, 1.54) is 0 Å². The van der Waals surface area contributed by atoms with E-state index in [9.17, 15) is 14.7 Å². The molecule has 0 amide bonds. The second kappa shape index (κ2) is 1.65. The molecule has 2 heterocycles. The molecule has 4 saturated carbocycles. The Hall–Kier alpha value is -0.900. The first-order valence-electron chi connectivity index (χ1n) is 5.61. The minimum Gasteiger partial charge on any atom is -0.481 e. The Bertz CT molecular complexity index is 444. The largest absolute Gasteiger partial charge is 0.481 e. The first-order valence-corrected chi connectivity index (χ1v) is 5.61. The third-order valence-electron chi connectivity index (χ3n) is 5.87. The van der Waals surface area contributed by atoms with E-state index in [-0.39, 0.29) is 35.7 Å². The summed E-state index contributed by atoms with van der Waals surface area (Å²) in [6.45, 7) is 0. The Morgan fingerprint density at radius 2 is 2.33 bits per heavy atom. The first kappa shape index (κ1) is 7.39. The number of carbonyl (C=O) groups excluding carboxylic acids is 1. The molecule has 0 aromatic rings. The average Bonchev–Trinajstić information content (AvgIpc) is 2.84. The van der Waals surface area contributed by atoms with Gasteiger partial charge in [0.25, 0.3) is 0 Å². The third kappa shape index (κ3) is 0.405. The predicted molar refractivity (Wildman–Crippen MR) is 45.8 cm³/mol. The zero-order chi connectivity index (χ0) is 10.1. The van der Waals surface area contributed by atoms with E-state index in [0.29, 0.717) is 11.8 Å². The van der Waals surface area contributed by atoms with Crippen LogP contribution in [0.2, 0.25) is 0 Å².